The van der Waals surface area contributed by atoms with Gasteiger partial charge in [-0.15, -0.1) is 0 Å². The van der Waals surface area contributed by atoms with Gasteiger partial charge in [-0.25, -0.2) is 14.6 Å². The number of aromatic carboxylic acids is 1. The molecule has 0 aliphatic heterocycles. The highest BCUT2D eigenvalue weighted by Gasteiger charge is 2.20. The zero-order valence-corrected chi connectivity index (χ0v) is 10.9. The summed E-state index contributed by atoms with van der Waals surface area (Å²) in [5.74, 6) is -0.950. The molecule has 0 aliphatic carbocycles. The molecule has 3 heterocycles. The molecule has 0 saturated carbocycles. The summed E-state index contributed by atoms with van der Waals surface area (Å²) in [5.41, 5.74) is 0.377. The third kappa shape index (κ3) is 2.04. The highest BCUT2D eigenvalue weighted by atomic mass is 16.5. The molecule has 0 amide bonds. The maximum atomic E-state index is 11.6. The maximum Gasteiger partial charge on any atom is 0.356 e. The van der Waals surface area contributed by atoms with Crippen LogP contribution in [-0.4, -0.2) is 33.5 Å². The Hall–Kier alpha value is -3.09. The molecule has 0 radical (unpaired) electrons. The summed E-state index contributed by atoms with van der Waals surface area (Å²) in [6, 6.07) is 6.31. The van der Waals surface area contributed by atoms with Crippen LogP contribution in [0.15, 0.2) is 41.1 Å². The molecule has 0 aliphatic rings. The van der Waals surface area contributed by atoms with Crippen molar-refractivity contribution in [3.8, 4) is 11.6 Å². The van der Waals surface area contributed by atoms with Crippen LogP contribution in [0.25, 0.3) is 17.1 Å². The number of fused-ring (bicyclic) bond motifs is 1. The average Bonchev–Trinajstić information content (AvgIpc) is 3.12. The number of furan rings is 1. The van der Waals surface area contributed by atoms with Crippen LogP contribution >= 0.6 is 0 Å². The van der Waals surface area contributed by atoms with Crippen molar-refractivity contribution in [2.45, 2.75) is 0 Å². The summed E-state index contributed by atoms with van der Waals surface area (Å²) in [5, 5.41) is 9.26. The smallest absolute Gasteiger partial charge is 0.356 e. The van der Waals surface area contributed by atoms with E-state index in [0.29, 0.717) is 11.6 Å². The number of nitrogens with zero attached hydrogens (tertiary/aromatic N) is 2. The fourth-order valence-corrected chi connectivity index (χ4v) is 2.07. The molecular formula is C14H10N2O5. The van der Waals surface area contributed by atoms with Gasteiger partial charge in [-0.3, -0.25) is 4.40 Å². The Morgan fingerprint density at radius 2 is 2.19 bits per heavy atom. The Kier molecular flexibility index (Phi) is 2.94. The molecule has 0 fully saturated rings. The average molecular weight is 286 g/mol. The summed E-state index contributed by atoms with van der Waals surface area (Å²) >= 11 is 0. The first kappa shape index (κ1) is 12.9. The van der Waals surface area contributed by atoms with E-state index in [2.05, 4.69) is 9.72 Å². The second kappa shape index (κ2) is 4.78. The fraction of sp³-hybridized carbons (Fsp3) is 0.0714. The lowest BCUT2D eigenvalue weighted by Gasteiger charge is -2.02. The van der Waals surface area contributed by atoms with E-state index >= 15 is 0 Å². The fourth-order valence-electron chi connectivity index (χ4n) is 2.07. The molecule has 106 valence electrons. The minimum absolute atomic E-state index is 0.160. The van der Waals surface area contributed by atoms with Crippen molar-refractivity contribution in [2.24, 2.45) is 0 Å². The van der Waals surface area contributed by atoms with Crippen LogP contribution in [0.1, 0.15) is 20.8 Å². The largest absolute Gasteiger partial charge is 0.476 e. The number of carbonyl (C=O) groups excluding carboxylic acids is 1. The molecule has 7 nitrogen and oxygen atoms in total. The van der Waals surface area contributed by atoms with Gasteiger partial charge >= 0.3 is 11.9 Å². The molecule has 1 N–H and O–H groups in total. The Morgan fingerprint density at radius 1 is 1.38 bits per heavy atom. The monoisotopic (exact) mass is 286 g/mol. The molecular weight excluding hydrogens is 276 g/mol. The summed E-state index contributed by atoms with van der Waals surface area (Å²) in [4.78, 5) is 27.0. The molecule has 21 heavy (non-hydrogen) atoms. The van der Waals surface area contributed by atoms with E-state index in [0.717, 1.165) is 0 Å². The number of carbonyl (C=O) groups is 2. The molecule has 0 unspecified atom stereocenters. The van der Waals surface area contributed by atoms with Crippen molar-refractivity contribution < 1.29 is 23.8 Å². The Labute approximate surface area is 118 Å². The van der Waals surface area contributed by atoms with E-state index in [1.165, 1.54) is 25.5 Å². The number of hydrogen-bond donors (Lipinski definition) is 1. The van der Waals surface area contributed by atoms with E-state index in [1.807, 2.05) is 0 Å². The molecule has 0 aromatic carbocycles. The number of carboxylic acids is 1. The third-order valence-corrected chi connectivity index (χ3v) is 3.01. The van der Waals surface area contributed by atoms with Crippen LogP contribution in [-0.2, 0) is 4.74 Å². The van der Waals surface area contributed by atoms with Gasteiger partial charge in [-0.1, -0.05) is 0 Å². The van der Waals surface area contributed by atoms with Gasteiger partial charge in [-0.05, 0) is 24.3 Å². The first-order valence-electron chi connectivity index (χ1n) is 5.99. The van der Waals surface area contributed by atoms with Gasteiger partial charge < -0.3 is 14.3 Å². The molecule has 7 heteroatoms. The summed E-state index contributed by atoms with van der Waals surface area (Å²) in [6.07, 6.45) is 3.03. The van der Waals surface area contributed by atoms with Crippen LogP contribution in [0.3, 0.4) is 0 Å². The number of imidazole rings is 1. The van der Waals surface area contributed by atoms with Crippen molar-refractivity contribution in [1.82, 2.24) is 9.38 Å². The summed E-state index contributed by atoms with van der Waals surface area (Å²) < 4.78 is 11.4. The van der Waals surface area contributed by atoms with E-state index in [4.69, 9.17) is 4.42 Å². The molecule has 0 spiro atoms. The molecule has 0 atom stereocenters. The second-order valence-corrected chi connectivity index (χ2v) is 4.23. The van der Waals surface area contributed by atoms with Gasteiger partial charge in [0.2, 0.25) is 0 Å². The van der Waals surface area contributed by atoms with Crippen LogP contribution in [0, 0.1) is 0 Å². The SMILES string of the molecule is COC(=O)c1ccn2c(-c3ccco3)nc(C(=O)O)c2c1. The van der Waals surface area contributed by atoms with Crippen LogP contribution in [0.4, 0.5) is 0 Å². The normalized spacial score (nSPS) is 10.7. The quantitative estimate of drug-likeness (QED) is 0.741. The second-order valence-electron chi connectivity index (χ2n) is 4.23. The molecule has 3 aromatic rings. The van der Waals surface area contributed by atoms with Gasteiger partial charge in [0.1, 0.15) is 0 Å². The number of aromatic nitrogens is 2. The predicted octanol–water partition coefficient (Wildman–Crippen LogP) is 2.08. The van der Waals surface area contributed by atoms with Gasteiger partial charge in [0.25, 0.3) is 0 Å². The lowest BCUT2D eigenvalue weighted by atomic mass is 10.2. The van der Waals surface area contributed by atoms with Gasteiger partial charge in [0, 0.05) is 6.20 Å². The highest BCUT2D eigenvalue weighted by molar-refractivity contribution is 5.97. The minimum Gasteiger partial charge on any atom is -0.476 e. The number of hydrogen-bond acceptors (Lipinski definition) is 5. The molecule has 0 bridgehead atoms. The van der Waals surface area contributed by atoms with Crippen molar-refractivity contribution in [3.05, 3.63) is 48.0 Å². The molecule has 3 rings (SSSR count). The van der Waals surface area contributed by atoms with Crippen molar-refractivity contribution in [2.75, 3.05) is 7.11 Å². The van der Waals surface area contributed by atoms with E-state index < -0.39 is 11.9 Å². The molecule has 0 saturated heterocycles. The van der Waals surface area contributed by atoms with Crippen molar-refractivity contribution in [3.63, 3.8) is 0 Å². The Bertz CT molecular complexity index is 833. The number of esters is 1. The Balaban J connectivity index is 2.28. The van der Waals surface area contributed by atoms with Crippen LogP contribution in [0.5, 0.6) is 0 Å². The summed E-state index contributed by atoms with van der Waals surface area (Å²) in [7, 11) is 1.26. The van der Waals surface area contributed by atoms with E-state index in [9.17, 15) is 14.7 Å². The van der Waals surface area contributed by atoms with Gasteiger partial charge in [0.15, 0.2) is 17.3 Å². The maximum absolute atomic E-state index is 11.6. The number of methoxy groups -OCH3 is 1. The minimum atomic E-state index is -1.19. The highest BCUT2D eigenvalue weighted by Crippen LogP contribution is 2.24. The van der Waals surface area contributed by atoms with E-state index in [-0.39, 0.29) is 16.8 Å². The summed E-state index contributed by atoms with van der Waals surface area (Å²) in [6.45, 7) is 0. The zero-order chi connectivity index (χ0) is 15.0. The number of rotatable bonds is 3. The van der Waals surface area contributed by atoms with E-state index in [1.54, 1.807) is 22.7 Å². The lowest BCUT2D eigenvalue weighted by molar-refractivity contribution is 0.0599. The third-order valence-electron chi connectivity index (χ3n) is 3.01. The van der Waals surface area contributed by atoms with Crippen molar-refractivity contribution >= 4 is 17.5 Å². The van der Waals surface area contributed by atoms with Crippen molar-refractivity contribution in [1.29, 1.82) is 0 Å². The standard InChI is InChI=1S/C14H10N2O5/c1-20-14(19)8-4-5-16-9(7-8)11(13(17)18)15-12(16)10-3-2-6-21-10/h2-7H,1H3,(H,17,18). The first-order chi connectivity index (χ1) is 10.1. The topological polar surface area (TPSA) is 94.0 Å². The zero-order valence-electron chi connectivity index (χ0n) is 10.9. The van der Waals surface area contributed by atoms with Crippen LogP contribution in [0.2, 0.25) is 0 Å². The Morgan fingerprint density at radius 3 is 2.81 bits per heavy atom. The predicted molar refractivity (Wildman–Crippen MR) is 71.2 cm³/mol. The number of carboxylic acid groups (broad SMARTS) is 1. The lowest BCUT2D eigenvalue weighted by Crippen LogP contribution is -2.03. The van der Waals surface area contributed by atoms with Crippen LogP contribution < -0.4 is 0 Å². The number of ether oxygens (including phenoxy) is 1. The molecule has 3 aromatic heterocycles. The van der Waals surface area contributed by atoms with Gasteiger partial charge in [0.05, 0.1) is 24.5 Å². The van der Waals surface area contributed by atoms with Gasteiger partial charge in [-0.2, -0.15) is 0 Å². The first-order valence-corrected chi connectivity index (χ1v) is 5.99. The number of pyridine rings is 1.